The van der Waals surface area contributed by atoms with Gasteiger partial charge in [-0.3, -0.25) is 4.79 Å². The SMILES string of the molecule is O=C(c1ccc(Cl)cc1F)c1cc(F)c(F)cc1F. The van der Waals surface area contributed by atoms with E-state index in [0.29, 0.717) is 6.07 Å². The van der Waals surface area contributed by atoms with E-state index in [2.05, 4.69) is 0 Å². The van der Waals surface area contributed by atoms with Gasteiger partial charge in [-0.05, 0) is 24.3 Å². The van der Waals surface area contributed by atoms with Crippen LogP contribution in [0, 0.1) is 23.3 Å². The van der Waals surface area contributed by atoms with Crippen molar-refractivity contribution in [2.24, 2.45) is 0 Å². The third-order valence-electron chi connectivity index (χ3n) is 2.43. The Balaban J connectivity index is 2.53. The smallest absolute Gasteiger partial charge is 0.199 e. The maximum Gasteiger partial charge on any atom is 0.199 e. The summed E-state index contributed by atoms with van der Waals surface area (Å²) in [6.45, 7) is 0. The number of halogens is 5. The van der Waals surface area contributed by atoms with Crippen LogP contribution in [0.3, 0.4) is 0 Å². The number of benzene rings is 2. The van der Waals surface area contributed by atoms with Crippen molar-refractivity contribution < 1.29 is 22.4 Å². The molecule has 2 aromatic rings. The van der Waals surface area contributed by atoms with Gasteiger partial charge in [-0.25, -0.2) is 17.6 Å². The first-order valence-electron chi connectivity index (χ1n) is 5.04. The van der Waals surface area contributed by atoms with Gasteiger partial charge >= 0.3 is 0 Å². The van der Waals surface area contributed by atoms with Crippen LogP contribution in [0.2, 0.25) is 5.02 Å². The summed E-state index contributed by atoms with van der Waals surface area (Å²) in [5.41, 5.74) is -1.23. The zero-order valence-corrected chi connectivity index (χ0v) is 9.94. The average Bonchev–Trinajstić information content (AvgIpc) is 2.33. The van der Waals surface area contributed by atoms with Crippen LogP contribution < -0.4 is 0 Å². The summed E-state index contributed by atoms with van der Waals surface area (Å²) in [4.78, 5) is 11.9. The molecule has 0 unspecified atom stereocenters. The molecule has 19 heavy (non-hydrogen) atoms. The van der Waals surface area contributed by atoms with Gasteiger partial charge < -0.3 is 0 Å². The fourth-order valence-corrected chi connectivity index (χ4v) is 1.67. The fourth-order valence-electron chi connectivity index (χ4n) is 1.52. The minimum atomic E-state index is -1.43. The summed E-state index contributed by atoms with van der Waals surface area (Å²) in [6, 6.07) is 3.76. The number of hydrogen-bond acceptors (Lipinski definition) is 1. The Hall–Kier alpha value is -1.88. The van der Waals surface area contributed by atoms with Gasteiger partial charge in [0.2, 0.25) is 0 Å². The molecule has 0 aliphatic carbocycles. The zero-order chi connectivity index (χ0) is 14.2. The highest BCUT2D eigenvalue weighted by Crippen LogP contribution is 2.21. The molecule has 98 valence electrons. The van der Waals surface area contributed by atoms with Gasteiger partial charge in [0.15, 0.2) is 17.4 Å². The molecule has 2 rings (SSSR count). The highest BCUT2D eigenvalue weighted by Gasteiger charge is 2.20. The summed E-state index contributed by atoms with van der Waals surface area (Å²) < 4.78 is 52.6. The molecule has 0 spiro atoms. The molecule has 0 bridgehead atoms. The van der Waals surface area contributed by atoms with E-state index in [4.69, 9.17) is 11.6 Å². The largest absolute Gasteiger partial charge is 0.288 e. The van der Waals surface area contributed by atoms with Crippen molar-refractivity contribution in [3.05, 3.63) is 69.8 Å². The van der Waals surface area contributed by atoms with E-state index in [9.17, 15) is 22.4 Å². The van der Waals surface area contributed by atoms with Crippen molar-refractivity contribution in [3.63, 3.8) is 0 Å². The summed E-state index contributed by atoms with van der Waals surface area (Å²) >= 11 is 5.51. The lowest BCUT2D eigenvalue weighted by Gasteiger charge is -2.05. The zero-order valence-electron chi connectivity index (χ0n) is 9.18. The quantitative estimate of drug-likeness (QED) is 0.461. The summed E-state index contributed by atoms with van der Waals surface area (Å²) in [5.74, 6) is -6.14. The van der Waals surface area contributed by atoms with Crippen molar-refractivity contribution >= 4 is 17.4 Å². The number of hydrogen-bond donors (Lipinski definition) is 0. The van der Waals surface area contributed by atoms with Crippen LogP contribution in [0.1, 0.15) is 15.9 Å². The lowest BCUT2D eigenvalue weighted by Crippen LogP contribution is -2.08. The molecule has 0 atom stereocenters. The molecule has 2 aromatic carbocycles. The summed E-state index contributed by atoms with van der Waals surface area (Å²) in [6.07, 6.45) is 0. The van der Waals surface area contributed by atoms with Crippen LogP contribution >= 0.6 is 11.6 Å². The Labute approximate surface area is 110 Å². The lowest BCUT2D eigenvalue weighted by molar-refractivity contribution is 0.103. The molecule has 0 amide bonds. The van der Waals surface area contributed by atoms with E-state index < -0.39 is 40.2 Å². The van der Waals surface area contributed by atoms with E-state index in [1.807, 2.05) is 0 Å². The van der Waals surface area contributed by atoms with E-state index in [1.54, 1.807) is 0 Å². The molecule has 0 saturated carbocycles. The van der Waals surface area contributed by atoms with Crippen LogP contribution in [0.15, 0.2) is 30.3 Å². The topological polar surface area (TPSA) is 17.1 Å². The van der Waals surface area contributed by atoms with Gasteiger partial charge in [0.05, 0.1) is 11.1 Å². The minimum Gasteiger partial charge on any atom is -0.288 e. The van der Waals surface area contributed by atoms with Crippen molar-refractivity contribution in [1.29, 1.82) is 0 Å². The Kier molecular flexibility index (Phi) is 3.57. The number of carbonyl (C=O) groups is 1. The second kappa shape index (κ2) is 5.01. The molecule has 6 heteroatoms. The van der Waals surface area contributed by atoms with Crippen molar-refractivity contribution in [3.8, 4) is 0 Å². The Morgan fingerprint density at radius 3 is 2.00 bits per heavy atom. The molecule has 0 aliphatic heterocycles. The molecule has 0 aliphatic rings. The second-order valence-corrected chi connectivity index (χ2v) is 4.14. The summed E-state index contributed by atoms with van der Waals surface area (Å²) in [7, 11) is 0. The highest BCUT2D eigenvalue weighted by molar-refractivity contribution is 6.30. The first-order chi connectivity index (χ1) is 8.90. The first kappa shape index (κ1) is 13.5. The van der Waals surface area contributed by atoms with Gasteiger partial charge in [0.25, 0.3) is 0 Å². The predicted molar refractivity (Wildman–Crippen MR) is 61.2 cm³/mol. The third-order valence-corrected chi connectivity index (χ3v) is 2.67. The molecular weight excluding hydrogens is 284 g/mol. The molecule has 0 heterocycles. The maximum atomic E-state index is 13.5. The van der Waals surface area contributed by atoms with E-state index in [0.717, 1.165) is 12.1 Å². The molecule has 0 radical (unpaired) electrons. The number of ketones is 1. The van der Waals surface area contributed by atoms with Gasteiger partial charge in [0.1, 0.15) is 11.6 Å². The molecule has 0 aromatic heterocycles. The second-order valence-electron chi connectivity index (χ2n) is 3.70. The highest BCUT2D eigenvalue weighted by atomic mass is 35.5. The first-order valence-corrected chi connectivity index (χ1v) is 5.42. The molecule has 0 saturated heterocycles. The normalized spacial score (nSPS) is 10.6. The maximum absolute atomic E-state index is 13.5. The van der Waals surface area contributed by atoms with E-state index >= 15 is 0 Å². The fraction of sp³-hybridized carbons (Fsp3) is 0. The Bertz CT molecular complexity index is 670. The summed E-state index contributed by atoms with van der Waals surface area (Å²) in [5, 5.41) is 0.0554. The van der Waals surface area contributed by atoms with E-state index in [-0.39, 0.29) is 11.1 Å². The van der Waals surface area contributed by atoms with Crippen LogP contribution in [-0.4, -0.2) is 5.78 Å². The van der Waals surface area contributed by atoms with Crippen molar-refractivity contribution in [2.45, 2.75) is 0 Å². The average molecular weight is 289 g/mol. The van der Waals surface area contributed by atoms with Crippen molar-refractivity contribution in [1.82, 2.24) is 0 Å². The van der Waals surface area contributed by atoms with Crippen LogP contribution in [0.5, 0.6) is 0 Å². The Morgan fingerprint density at radius 1 is 0.789 bits per heavy atom. The van der Waals surface area contributed by atoms with Crippen LogP contribution in [-0.2, 0) is 0 Å². The van der Waals surface area contributed by atoms with Gasteiger partial charge in [-0.1, -0.05) is 11.6 Å². The molecule has 0 fully saturated rings. The van der Waals surface area contributed by atoms with Gasteiger partial charge in [0, 0.05) is 11.1 Å². The third kappa shape index (κ3) is 2.61. The predicted octanol–water partition coefficient (Wildman–Crippen LogP) is 4.13. The van der Waals surface area contributed by atoms with E-state index in [1.165, 1.54) is 6.07 Å². The minimum absolute atomic E-state index is 0.0554. The monoisotopic (exact) mass is 288 g/mol. The van der Waals surface area contributed by atoms with Gasteiger partial charge in [-0.15, -0.1) is 0 Å². The standard InChI is InChI=1S/C13H5ClF4O/c14-6-1-2-7(9(15)3-6)13(19)8-4-11(17)12(18)5-10(8)16/h1-5H. The number of carbonyl (C=O) groups excluding carboxylic acids is 1. The van der Waals surface area contributed by atoms with Crippen LogP contribution in [0.4, 0.5) is 17.6 Å². The van der Waals surface area contributed by atoms with Gasteiger partial charge in [-0.2, -0.15) is 0 Å². The van der Waals surface area contributed by atoms with Crippen LogP contribution in [0.25, 0.3) is 0 Å². The number of rotatable bonds is 2. The lowest BCUT2D eigenvalue weighted by atomic mass is 10.0. The molecule has 0 N–H and O–H groups in total. The molecule has 1 nitrogen and oxygen atoms in total. The Morgan fingerprint density at radius 2 is 1.37 bits per heavy atom. The molecular formula is C13H5ClF4O. The van der Waals surface area contributed by atoms with Crippen molar-refractivity contribution in [2.75, 3.05) is 0 Å².